The summed E-state index contributed by atoms with van der Waals surface area (Å²) < 4.78 is 0. The Labute approximate surface area is 56.6 Å². The zero-order valence-corrected chi connectivity index (χ0v) is 6.15. The summed E-state index contributed by atoms with van der Waals surface area (Å²) in [5, 5.41) is 11.8. The van der Waals surface area contributed by atoms with Crippen LogP contribution in [0.15, 0.2) is 12.3 Å². The summed E-state index contributed by atoms with van der Waals surface area (Å²) in [6.07, 6.45) is 2.01. The van der Waals surface area contributed by atoms with E-state index in [1.807, 2.05) is 7.05 Å². The average Bonchev–Trinajstić information content (AvgIpc) is 1.82. The van der Waals surface area contributed by atoms with Gasteiger partial charge in [0, 0.05) is 0 Å². The van der Waals surface area contributed by atoms with E-state index in [0.717, 1.165) is 12.8 Å². The molecular formula is C7H15NO. The Morgan fingerprint density at radius 1 is 1.78 bits per heavy atom. The summed E-state index contributed by atoms with van der Waals surface area (Å²) >= 11 is 0. The molecule has 0 saturated carbocycles. The Bertz CT molecular complexity index is 90.9. The standard InChI is InChI=1S/C7H15NO/c1-4-5-7(8-3)6(2)9/h7-9H,2,4-5H2,1,3H3. The van der Waals surface area contributed by atoms with Crippen LogP contribution in [0.2, 0.25) is 0 Å². The number of aliphatic hydroxyl groups excluding tert-OH is 1. The van der Waals surface area contributed by atoms with Crippen LogP contribution in [0.25, 0.3) is 0 Å². The number of likely N-dealkylation sites (N-methyl/N-ethyl adjacent to an activating group) is 1. The third-order valence-electron chi connectivity index (χ3n) is 1.33. The molecule has 2 nitrogen and oxygen atoms in total. The van der Waals surface area contributed by atoms with E-state index in [1.165, 1.54) is 0 Å². The van der Waals surface area contributed by atoms with Crippen LogP contribution in [0.3, 0.4) is 0 Å². The Morgan fingerprint density at radius 2 is 2.33 bits per heavy atom. The van der Waals surface area contributed by atoms with Crippen molar-refractivity contribution < 1.29 is 5.11 Å². The molecule has 0 heterocycles. The maximum absolute atomic E-state index is 8.89. The number of rotatable bonds is 4. The minimum absolute atomic E-state index is 0.0787. The van der Waals surface area contributed by atoms with Gasteiger partial charge in [-0.2, -0.15) is 0 Å². The molecule has 0 bridgehead atoms. The molecule has 0 rings (SSSR count). The van der Waals surface area contributed by atoms with Crippen LogP contribution in [0.4, 0.5) is 0 Å². The van der Waals surface area contributed by atoms with Gasteiger partial charge in [0.25, 0.3) is 0 Å². The highest BCUT2D eigenvalue weighted by atomic mass is 16.3. The molecule has 2 N–H and O–H groups in total. The molecule has 0 aromatic heterocycles. The van der Waals surface area contributed by atoms with Gasteiger partial charge in [0.15, 0.2) is 0 Å². The lowest BCUT2D eigenvalue weighted by Gasteiger charge is -2.12. The van der Waals surface area contributed by atoms with Crippen molar-refractivity contribution in [1.29, 1.82) is 0 Å². The second-order valence-electron chi connectivity index (χ2n) is 2.12. The molecule has 0 fully saturated rings. The number of hydrogen-bond donors (Lipinski definition) is 2. The van der Waals surface area contributed by atoms with E-state index in [9.17, 15) is 0 Å². The minimum Gasteiger partial charge on any atom is -0.511 e. The highest BCUT2D eigenvalue weighted by Gasteiger charge is 2.05. The summed E-state index contributed by atoms with van der Waals surface area (Å²) in [6.45, 7) is 5.51. The lowest BCUT2D eigenvalue weighted by Crippen LogP contribution is -2.26. The first-order valence-corrected chi connectivity index (χ1v) is 3.27. The third-order valence-corrected chi connectivity index (χ3v) is 1.33. The van der Waals surface area contributed by atoms with E-state index in [1.54, 1.807) is 0 Å². The van der Waals surface area contributed by atoms with Crippen LogP contribution in [0.5, 0.6) is 0 Å². The first-order chi connectivity index (χ1) is 4.22. The van der Waals surface area contributed by atoms with Crippen LogP contribution in [-0.2, 0) is 0 Å². The van der Waals surface area contributed by atoms with Crippen molar-refractivity contribution in [3.05, 3.63) is 12.3 Å². The van der Waals surface area contributed by atoms with Crippen molar-refractivity contribution in [3.8, 4) is 0 Å². The van der Waals surface area contributed by atoms with Gasteiger partial charge in [-0.05, 0) is 13.5 Å². The maximum atomic E-state index is 8.89. The Balaban J connectivity index is 3.54. The van der Waals surface area contributed by atoms with E-state index in [0.29, 0.717) is 0 Å². The first kappa shape index (κ1) is 8.50. The quantitative estimate of drug-likeness (QED) is 0.563. The average molecular weight is 129 g/mol. The van der Waals surface area contributed by atoms with Crippen molar-refractivity contribution in [2.45, 2.75) is 25.8 Å². The predicted molar refractivity (Wildman–Crippen MR) is 39.5 cm³/mol. The van der Waals surface area contributed by atoms with E-state index in [-0.39, 0.29) is 11.8 Å². The zero-order valence-electron chi connectivity index (χ0n) is 6.15. The lowest BCUT2D eigenvalue weighted by molar-refractivity contribution is 0.340. The Kier molecular flexibility index (Phi) is 4.14. The second-order valence-corrected chi connectivity index (χ2v) is 2.12. The summed E-state index contributed by atoms with van der Waals surface area (Å²) in [4.78, 5) is 0. The summed E-state index contributed by atoms with van der Waals surface area (Å²) in [7, 11) is 1.82. The minimum atomic E-state index is 0.0787. The molecule has 0 radical (unpaired) electrons. The van der Waals surface area contributed by atoms with E-state index in [4.69, 9.17) is 5.11 Å². The fourth-order valence-corrected chi connectivity index (χ4v) is 0.766. The summed E-state index contributed by atoms with van der Waals surface area (Å²) in [6, 6.07) is 0.0787. The Morgan fingerprint density at radius 3 is 2.44 bits per heavy atom. The van der Waals surface area contributed by atoms with Gasteiger partial charge in [-0.1, -0.05) is 19.9 Å². The molecule has 54 valence electrons. The molecule has 0 aliphatic heterocycles. The lowest BCUT2D eigenvalue weighted by atomic mass is 10.1. The zero-order chi connectivity index (χ0) is 7.28. The van der Waals surface area contributed by atoms with Gasteiger partial charge >= 0.3 is 0 Å². The molecule has 9 heavy (non-hydrogen) atoms. The molecule has 1 unspecified atom stereocenters. The van der Waals surface area contributed by atoms with Gasteiger partial charge in [0.1, 0.15) is 5.76 Å². The van der Waals surface area contributed by atoms with Crippen molar-refractivity contribution in [1.82, 2.24) is 5.32 Å². The van der Waals surface area contributed by atoms with Gasteiger partial charge in [-0.25, -0.2) is 0 Å². The van der Waals surface area contributed by atoms with Crippen LogP contribution < -0.4 is 5.32 Å². The van der Waals surface area contributed by atoms with E-state index >= 15 is 0 Å². The molecule has 0 spiro atoms. The normalized spacial score (nSPS) is 13.1. The van der Waals surface area contributed by atoms with Crippen LogP contribution >= 0.6 is 0 Å². The van der Waals surface area contributed by atoms with Crippen LogP contribution in [0, 0.1) is 0 Å². The Hall–Kier alpha value is -0.500. The molecule has 2 heteroatoms. The van der Waals surface area contributed by atoms with Crippen molar-refractivity contribution >= 4 is 0 Å². The largest absolute Gasteiger partial charge is 0.511 e. The molecule has 1 atom stereocenters. The van der Waals surface area contributed by atoms with Crippen molar-refractivity contribution in [2.24, 2.45) is 0 Å². The highest BCUT2D eigenvalue weighted by Crippen LogP contribution is 2.01. The van der Waals surface area contributed by atoms with Crippen molar-refractivity contribution in [2.75, 3.05) is 7.05 Å². The highest BCUT2D eigenvalue weighted by molar-refractivity contribution is 4.93. The van der Waals surface area contributed by atoms with Crippen molar-refractivity contribution in [3.63, 3.8) is 0 Å². The summed E-state index contributed by atoms with van der Waals surface area (Å²) in [5.41, 5.74) is 0. The first-order valence-electron chi connectivity index (χ1n) is 3.27. The topological polar surface area (TPSA) is 32.3 Å². The smallest absolute Gasteiger partial charge is 0.102 e. The fourth-order valence-electron chi connectivity index (χ4n) is 0.766. The molecule has 0 saturated heterocycles. The fraction of sp³-hybridized carbons (Fsp3) is 0.714. The van der Waals surface area contributed by atoms with Gasteiger partial charge in [0.05, 0.1) is 6.04 Å². The number of hydrogen-bond acceptors (Lipinski definition) is 2. The molecule has 0 aromatic carbocycles. The molecule has 0 aromatic rings. The van der Waals surface area contributed by atoms with E-state index in [2.05, 4.69) is 18.8 Å². The number of nitrogens with one attached hydrogen (secondary N) is 1. The van der Waals surface area contributed by atoms with Crippen LogP contribution in [-0.4, -0.2) is 18.2 Å². The van der Waals surface area contributed by atoms with Gasteiger partial charge < -0.3 is 10.4 Å². The van der Waals surface area contributed by atoms with Crippen LogP contribution in [0.1, 0.15) is 19.8 Å². The summed E-state index contributed by atoms with van der Waals surface area (Å²) in [5.74, 6) is 0.236. The monoisotopic (exact) mass is 129 g/mol. The molecule has 0 amide bonds. The second kappa shape index (κ2) is 4.39. The third kappa shape index (κ3) is 3.14. The molecular weight excluding hydrogens is 114 g/mol. The molecule has 0 aliphatic carbocycles. The molecule has 0 aliphatic rings. The SMILES string of the molecule is C=C(O)C(CCC)NC. The number of aliphatic hydroxyl groups is 1. The van der Waals surface area contributed by atoms with Gasteiger partial charge in [-0.15, -0.1) is 0 Å². The maximum Gasteiger partial charge on any atom is 0.102 e. The van der Waals surface area contributed by atoms with Gasteiger partial charge in [0.2, 0.25) is 0 Å². The predicted octanol–water partition coefficient (Wildman–Crippen LogP) is 1.45. The van der Waals surface area contributed by atoms with E-state index < -0.39 is 0 Å². The van der Waals surface area contributed by atoms with Gasteiger partial charge in [-0.3, -0.25) is 0 Å².